The van der Waals surface area contributed by atoms with Gasteiger partial charge < -0.3 is 9.88 Å². The molecule has 0 bridgehead atoms. The smallest absolute Gasteiger partial charge is 0.257 e. The Morgan fingerprint density at radius 3 is 2.24 bits per heavy atom. The van der Waals surface area contributed by atoms with Gasteiger partial charge >= 0.3 is 0 Å². The van der Waals surface area contributed by atoms with E-state index in [4.69, 9.17) is 0 Å². The van der Waals surface area contributed by atoms with Crippen molar-refractivity contribution in [3.63, 3.8) is 0 Å². The predicted molar refractivity (Wildman–Crippen MR) is 115 cm³/mol. The zero-order chi connectivity index (χ0) is 20.2. The van der Waals surface area contributed by atoms with E-state index in [9.17, 15) is 4.79 Å². The van der Waals surface area contributed by atoms with Gasteiger partial charge in [-0.2, -0.15) is 5.10 Å². The Morgan fingerprint density at radius 2 is 1.59 bits per heavy atom. The van der Waals surface area contributed by atoms with Gasteiger partial charge in [0.15, 0.2) is 5.82 Å². The van der Waals surface area contributed by atoms with Crippen LogP contribution in [0.1, 0.15) is 34.5 Å². The number of nitrogens with one attached hydrogen (secondary N) is 1. The van der Waals surface area contributed by atoms with Crippen LogP contribution in [0.2, 0.25) is 0 Å². The molecule has 0 radical (unpaired) electrons. The quantitative estimate of drug-likeness (QED) is 0.532. The Labute approximate surface area is 170 Å². The summed E-state index contributed by atoms with van der Waals surface area (Å²) in [6.07, 6.45) is 3.86. The molecule has 2 heterocycles. The molecule has 1 amide bonds. The average molecular weight is 384 g/mol. The number of carbonyl (C=O) groups excluding carboxylic acids is 1. The Balaban J connectivity index is 1.66. The first-order chi connectivity index (χ1) is 14.1. The third-order valence-corrected chi connectivity index (χ3v) is 5.05. The standard InChI is InChI=1S/C24H24N4O/c1-18(20-11-5-3-6-12-20)17-25-23(29)22-19(2)26-28(21-13-7-4-8-14-21)24(22)27-15-9-10-16-27/h3-16,18H,17H2,1-2H3,(H,25,29)/t18-/m1/s1. The maximum absolute atomic E-state index is 13.2. The molecule has 1 N–H and O–H groups in total. The monoisotopic (exact) mass is 384 g/mol. The number of aryl methyl sites for hydroxylation is 1. The number of amides is 1. The highest BCUT2D eigenvalue weighted by Crippen LogP contribution is 2.23. The van der Waals surface area contributed by atoms with Crippen LogP contribution in [0.4, 0.5) is 0 Å². The lowest BCUT2D eigenvalue weighted by atomic mass is 10.0. The molecule has 1 atom stereocenters. The molecule has 4 aromatic rings. The summed E-state index contributed by atoms with van der Waals surface area (Å²) >= 11 is 0. The highest BCUT2D eigenvalue weighted by Gasteiger charge is 2.23. The van der Waals surface area contributed by atoms with Gasteiger partial charge in [-0.1, -0.05) is 55.5 Å². The van der Waals surface area contributed by atoms with Gasteiger partial charge in [0.25, 0.3) is 5.91 Å². The molecule has 2 aromatic carbocycles. The second-order valence-corrected chi connectivity index (χ2v) is 7.14. The summed E-state index contributed by atoms with van der Waals surface area (Å²) in [7, 11) is 0. The van der Waals surface area contributed by atoms with Crippen LogP contribution in [0.25, 0.3) is 11.5 Å². The minimum atomic E-state index is -0.115. The van der Waals surface area contributed by atoms with Crippen LogP contribution >= 0.6 is 0 Å². The second-order valence-electron chi connectivity index (χ2n) is 7.14. The van der Waals surface area contributed by atoms with E-state index in [1.807, 2.05) is 89.2 Å². The van der Waals surface area contributed by atoms with E-state index in [1.165, 1.54) is 5.56 Å². The van der Waals surface area contributed by atoms with Crippen LogP contribution in [0.3, 0.4) is 0 Å². The van der Waals surface area contributed by atoms with Gasteiger partial charge in [0, 0.05) is 18.9 Å². The summed E-state index contributed by atoms with van der Waals surface area (Å²) in [4.78, 5) is 13.2. The molecule has 4 rings (SSSR count). The SMILES string of the molecule is Cc1nn(-c2ccccc2)c(-n2cccc2)c1C(=O)NC[C@@H](C)c1ccccc1. The molecule has 0 fully saturated rings. The van der Waals surface area contributed by atoms with Crippen molar-refractivity contribution in [1.82, 2.24) is 19.7 Å². The van der Waals surface area contributed by atoms with E-state index in [-0.39, 0.29) is 11.8 Å². The van der Waals surface area contributed by atoms with Crippen molar-refractivity contribution >= 4 is 5.91 Å². The van der Waals surface area contributed by atoms with Gasteiger partial charge in [-0.3, -0.25) is 4.79 Å². The van der Waals surface area contributed by atoms with E-state index < -0.39 is 0 Å². The topological polar surface area (TPSA) is 51.9 Å². The van der Waals surface area contributed by atoms with Crippen LogP contribution in [-0.2, 0) is 0 Å². The molecule has 146 valence electrons. The molecule has 29 heavy (non-hydrogen) atoms. The number of para-hydroxylation sites is 1. The van der Waals surface area contributed by atoms with Crippen molar-refractivity contribution < 1.29 is 4.79 Å². The summed E-state index contributed by atoms with van der Waals surface area (Å²) in [5, 5.41) is 7.78. The number of hydrogen-bond acceptors (Lipinski definition) is 2. The number of carbonyl (C=O) groups is 1. The minimum absolute atomic E-state index is 0.115. The zero-order valence-electron chi connectivity index (χ0n) is 16.6. The van der Waals surface area contributed by atoms with Gasteiger partial charge in [-0.25, -0.2) is 4.68 Å². The molecule has 5 heteroatoms. The minimum Gasteiger partial charge on any atom is -0.351 e. The third kappa shape index (κ3) is 3.85. The Morgan fingerprint density at radius 1 is 0.966 bits per heavy atom. The number of hydrogen-bond donors (Lipinski definition) is 1. The largest absolute Gasteiger partial charge is 0.351 e. The Hall–Kier alpha value is -3.60. The fraction of sp³-hybridized carbons (Fsp3) is 0.167. The van der Waals surface area contributed by atoms with E-state index >= 15 is 0 Å². The molecule has 0 aliphatic carbocycles. The maximum Gasteiger partial charge on any atom is 0.257 e. The van der Waals surface area contributed by atoms with Crippen molar-refractivity contribution in [3.05, 3.63) is 102 Å². The van der Waals surface area contributed by atoms with Crippen LogP contribution in [0.5, 0.6) is 0 Å². The van der Waals surface area contributed by atoms with Gasteiger partial charge in [0.05, 0.1) is 11.4 Å². The fourth-order valence-electron chi connectivity index (χ4n) is 3.48. The summed E-state index contributed by atoms with van der Waals surface area (Å²) in [6.45, 7) is 4.55. The van der Waals surface area contributed by atoms with E-state index in [0.717, 1.165) is 11.5 Å². The molecule has 0 spiro atoms. The average Bonchev–Trinajstić information content (AvgIpc) is 3.40. The van der Waals surface area contributed by atoms with Gasteiger partial charge in [0.1, 0.15) is 5.56 Å². The molecule has 5 nitrogen and oxygen atoms in total. The molecule has 0 aliphatic heterocycles. The highest BCUT2D eigenvalue weighted by atomic mass is 16.1. The second kappa shape index (κ2) is 8.19. The lowest BCUT2D eigenvalue weighted by molar-refractivity contribution is 0.0951. The summed E-state index contributed by atoms with van der Waals surface area (Å²) in [5.74, 6) is 0.847. The van der Waals surface area contributed by atoms with E-state index in [0.29, 0.717) is 17.8 Å². The molecule has 0 unspecified atom stereocenters. The molecule has 2 aromatic heterocycles. The first kappa shape index (κ1) is 18.7. The van der Waals surface area contributed by atoms with Crippen molar-refractivity contribution in [2.45, 2.75) is 19.8 Å². The molecule has 0 saturated heterocycles. The van der Waals surface area contributed by atoms with Crippen LogP contribution in [0.15, 0.2) is 85.2 Å². The lowest BCUT2D eigenvalue weighted by Gasteiger charge is -2.14. The first-order valence-electron chi connectivity index (χ1n) is 9.76. The van der Waals surface area contributed by atoms with Crippen molar-refractivity contribution in [2.24, 2.45) is 0 Å². The van der Waals surface area contributed by atoms with Gasteiger partial charge in [-0.05, 0) is 42.7 Å². The Kier molecular flexibility index (Phi) is 5.29. The number of benzene rings is 2. The first-order valence-corrected chi connectivity index (χ1v) is 9.76. The van der Waals surface area contributed by atoms with Crippen molar-refractivity contribution in [1.29, 1.82) is 0 Å². The van der Waals surface area contributed by atoms with Crippen LogP contribution < -0.4 is 5.32 Å². The molecule has 0 saturated carbocycles. The fourth-order valence-corrected chi connectivity index (χ4v) is 3.48. The highest BCUT2D eigenvalue weighted by molar-refractivity contribution is 5.98. The predicted octanol–water partition coefficient (Wildman–Crippen LogP) is 4.50. The molecular weight excluding hydrogens is 360 g/mol. The number of aromatic nitrogens is 3. The van der Waals surface area contributed by atoms with Crippen LogP contribution in [0, 0.1) is 6.92 Å². The Bertz CT molecular complexity index is 1080. The maximum atomic E-state index is 13.2. The molecular formula is C24H24N4O. The van der Waals surface area contributed by atoms with Crippen LogP contribution in [-0.4, -0.2) is 26.8 Å². The van der Waals surface area contributed by atoms with E-state index in [2.05, 4.69) is 29.5 Å². The van der Waals surface area contributed by atoms with Gasteiger partial charge in [-0.15, -0.1) is 0 Å². The zero-order valence-corrected chi connectivity index (χ0v) is 16.6. The lowest BCUT2D eigenvalue weighted by Crippen LogP contribution is -2.28. The summed E-state index contributed by atoms with van der Waals surface area (Å²) in [6, 6.07) is 24.0. The number of rotatable bonds is 6. The summed E-state index contributed by atoms with van der Waals surface area (Å²) in [5.41, 5.74) is 3.40. The normalized spacial score (nSPS) is 11.9. The number of nitrogens with zero attached hydrogens (tertiary/aromatic N) is 3. The third-order valence-electron chi connectivity index (χ3n) is 5.05. The van der Waals surface area contributed by atoms with Crippen molar-refractivity contribution in [2.75, 3.05) is 6.54 Å². The van der Waals surface area contributed by atoms with Gasteiger partial charge in [0.2, 0.25) is 0 Å². The summed E-state index contributed by atoms with van der Waals surface area (Å²) < 4.78 is 3.76. The van der Waals surface area contributed by atoms with Crippen molar-refractivity contribution in [3.8, 4) is 11.5 Å². The van der Waals surface area contributed by atoms with E-state index in [1.54, 1.807) is 0 Å². The molecule has 0 aliphatic rings.